The van der Waals surface area contributed by atoms with Crippen LogP contribution in [-0.2, 0) is 4.74 Å². The summed E-state index contributed by atoms with van der Waals surface area (Å²) < 4.78 is 40.8. The van der Waals surface area contributed by atoms with Crippen LogP contribution in [0.3, 0.4) is 0 Å². The average molecular weight is 289 g/mol. The summed E-state index contributed by atoms with van der Waals surface area (Å²) in [6.07, 6.45) is -3.73. The SMILES string of the molecule is CCNC(CCOCC(F)(F)F)c1ccc(C)cc1C. The number of nitrogens with one attached hydrogen (secondary N) is 1. The Labute approximate surface area is 118 Å². The molecule has 1 aromatic rings. The highest BCUT2D eigenvalue weighted by Crippen LogP contribution is 2.22. The normalized spacial score (nSPS) is 13.5. The quantitative estimate of drug-likeness (QED) is 0.768. The van der Waals surface area contributed by atoms with Crippen molar-refractivity contribution in [3.05, 3.63) is 34.9 Å². The Hall–Kier alpha value is -1.07. The molecule has 20 heavy (non-hydrogen) atoms. The lowest BCUT2D eigenvalue weighted by Crippen LogP contribution is -2.24. The first kappa shape index (κ1) is 17.0. The first-order valence-electron chi connectivity index (χ1n) is 6.78. The summed E-state index contributed by atoms with van der Waals surface area (Å²) in [5, 5.41) is 3.30. The number of ether oxygens (including phenoxy) is 1. The minimum Gasteiger partial charge on any atom is -0.372 e. The van der Waals surface area contributed by atoms with E-state index in [9.17, 15) is 13.2 Å². The third kappa shape index (κ3) is 5.92. The third-order valence-electron chi connectivity index (χ3n) is 3.07. The Morgan fingerprint density at radius 3 is 2.50 bits per heavy atom. The number of hydrogen-bond donors (Lipinski definition) is 1. The highest BCUT2D eigenvalue weighted by molar-refractivity contribution is 5.32. The van der Waals surface area contributed by atoms with Gasteiger partial charge in [-0.2, -0.15) is 13.2 Å². The second-order valence-corrected chi connectivity index (χ2v) is 4.93. The van der Waals surface area contributed by atoms with Crippen LogP contribution in [-0.4, -0.2) is 25.9 Å². The number of hydrogen-bond acceptors (Lipinski definition) is 2. The first-order valence-corrected chi connectivity index (χ1v) is 6.78. The molecule has 1 unspecified atom stereocenters. The molecule has 0 fully saturated rings. The van der Waals surface area contributed by atoms with Gasteiger partial charge in [-0.1, -0.05) is 30.7 Å². The average Bonchev–Trinajstić information content (AvgIpc) is 2.32. The predicted molar refractivity (Wildman–Crippen MR) is 73.8 cm³/mol. The van der Waals surface area contributed by atoms with Crippen LogP contribution in [0.5, 0.6) is 0 Å². The summed E-state index contributed by atoms with van der Waals surface area (Å²) in [5.41, 5.74) is 3.44. The van der Waals surface area contributed by atoms with Crippen LogP contribution in [0.1, 0.15) is 36.1 Å². The standard InChI is InChI=1S/C15H22F3NO/c1-4-19-14(7-8-20-10-15(16,17)18)13-6-5-11(2)9-12(13)3/h5-6,9,14,19H,4,7-8,10H2,1-3H3. The monoisotopic (exact) mass is 289 g/mol. The maximum Gasteiger partial charge on any atom is 0.411 e. The Bertz CT molecular complexity index is 418. The molecule has 1 rings (SSSR count). The van der Waals surface area contributed by atoms with E-state index in [4.69, 9.17) is 4.74 Å². The number of rotatable bonds is 7. The van der Waals surface area contributed by atoms with E-state index in [1.807, 2.05) is 32.9 Å². The molecule has 0 saturated carbocycles. The Balaban J connectivity index is 2.60. The minimum absolute atomic E-state index is 0.0221. The van der Waals surface area contributed by atoms with Crippen LogP contribution in [0, 0.1) is 13.8 Å². The zero-order chi connectivity index (χ0) is 15.2. The molecule has 1 aromatic carbocycles. The van der Waals surface area contributed by atoms with Crippen LogP contribution in [0.4, 0.5) is 13.2 Å². The molecule has 0 saturated heterocycles. The van der Waals surface area contributed by atoms with Gasteiger partial charge in [-0.05, 0) is 37.9 Å². The van der Waals surface area contributed by atoms with Crippen LogP contribution in [0.2, 0.25) is 0 Å². The lowest BCUT2D eigenvalue weighted by molar-refractivity contribution is -0.174. The van der Waals surface area contributed by atoms with Crippen molar-refractivity contribution in [2.45, 2.75) is 39.4 Å². The maximum atomic E-state index is 12.0. The molecule has 2 nitrogen and oxygen atoms in total. The van der Waals surface area contributed by atoms with Gasteiger partial charge in [0.1, 0.15) is 6.61 Å². The number of halogens is 3. The van der Waals surface area contributed by atoms with Crippen LogP contribution >= 0.6 is 0 Å². The van der Waals surface area contributed by atoms with Crippen molar-refractivity contribution in [2.24, 2.45) is 0 Å². The molecule has 0 radical (unpaired) electrons. The molecular formula is C15H22F3NO. The fourth-order valence-electron chi connectivity index (χ4n) is 2.22. The summed E-state index contributed by atoms with van der Waals surface area (Å²) in [5.74, 6) is 0. The van der Waals surface area contributed by atoms with Gasteiger partial charge in [0.05, 0.1) is 0 Å². The van der Waals surface area contributed by atoms with Gasteiger partial charge in [0.2, 0.25) is 0 Å². The van der Waals surface area contributed by atoms with E-state index < -0.39 is 12.8 Å². The lowest BCUT2D eigenvalue weighted by atomic mass is 9.97. The molecule has 1 N–H and O–H groups in total. The number of aryl methyl sites for hydroxylation is 2. The zero-order valence-corrected chi connectivity index (χ0v) is 12.2. The van der Waals surface area contributed by atoms with Gasteiger partial charge in [0.15, 0.2) is 0 Å². The van der Waals surface area contributed by atoms with Crippen molar-refractivity contribution >= 4 is 0 Å². The molecule has 0 aliphatic carbocycles. The van der Waals surface area contributed by atoms with E-state index >= 15 is 0 Å². The van der Waals surface area contributed by atoms with Crippen LogP contribution in [0.25, 0.3) is 0 Å². The van der Waals surface area contributed by atoms with Crippen LogP contribution in [0.15, 0.2) is 18.2 Å². The highest BCUT2D eigenvalue weighted by Gasteiger charge is 2.27. The van der Waals surface area contributed by atoms with Crippen molar-refractivity contribution in [3.8, 4) is 0 Å². The molecule has 0 amide bonds. The molecule has 5 heteroatoms. The maximum absolute atomic E-state index is 12.0. The first-order chi connectivity index (χ1) is 9.33. The lowest BCUT2D eigenvalue weighted by Gasteiger charge is -2.21. The van der Waals surface area contributed by atoms with Gasteiger partial charge in [-0.25, -0.2) is 0 Å². The Kier molecular flexibility index (Phi) is 6.49. The topological polar surface area (TPSA) is 21.3 Å². The van der Waals surface area contributed by atoms with Crippen molar-refractivity contribution in [3.63, 3.8) is 0 Å². The van der Waals surface area contributed by atoms with E-state index in [0.29, 0.717) is 6.42 Å². The van der Waals surface area contributed by atoms with Crippen molar-refractivity contribution in [2.75, 3.05) is 19.8 Å². The second-order valence-electron chi connectivity index (χ2n) is 4.93. The van der Waals surface area contributed by atoms with E-state index in [1.165, 1.54) is 5.56 Å². The fourth-order valence-corrected chi connectivity index (χ4v) is 2.22. The summed E-state index contributed by atoms with van der Waals surface area (Å²) in [4.78, 5) is 0. The number of alkyl halides is 3. The van der Waals surface area contributed by atoms with Gasteiger partial charge in [0, 0.05) is 12.6 Å². The van der Waals surface area contributed by atoms with Gasteiger partial charge >= 0.3 is 6.18 Å². The van der Waals surface area contributed by atoms with Gasteiger partial charge in [0.25, 0.3) is 0 Å². The van der Waals surface area contributed by atoms with Crippen molar-refractivity contribution in [1.29, 1.82) is 0 Å². The van der Waals surface area contributed by atoms with Crippen LogP contribution < -0.4 is 5.32 Å². The summed E-state index contributed by atoms with van der Waals surface area (Å²) in [7, 11) is 0. The van der Waals surface area contributed by atoms with Gasteiger partial charge < -0.3 is 10.1 Å². The second kappa shape index (κ2) is 7.64. The van der Waals surface area contributed by atoms with Gasteiger partial charge in [-0.15, -0.1) is 0 Å². The molecule has 114 valence electrons. The smallest absolute Gasteiger partial charge is 0.372 e. The summed E-state index contributed by atoms with van der Waals surface area (Å²) in [6, 6.07) is 6.15. The van der Waals surface area contributed by atoms with E-state index in [1.54, 1.807) is 0 Å². The fraction of sp³-hybridized carbons (Fsp3) is 0.600. The largest absolute Gasteiger partial charge is 0.411 e. The van der Waals surface area contributed by atoms with Gasteiger partial charge in [-0.3, -0.25) is 0 Å². The van der Waals surface area contributed by atoms with Crippen molar-refractivity contribution < 1.29 is 17.9 Å². The predicted octanol–water partition coefficient (Wildman–Crippen LogP) is 3.92. The molecule has 0 aliphatic heterocycles. The molecule has 0 bridgehead atoms. The molecule has 1 atom stereocenters. The molecular weight excluding hydrogens is 267 g/mol. The highest BCUT2D eigenvalue weighted by atomic mass is 19.4. The zero-order valence-electron chi connectivity index (χ0n) is 12.2. The Morgan fingerprint density at radius 1 is 1.25 bits per heavy atom. The third-order valence-corrected chi connectivity index (χ3v) is 3.07. The van der Waals surface area contributed by atoms with E-state index in [-0.39, 0.29) is 12.6 Å². The molecule has 0 aliphatic rings. The summed E-state index contributed by atoms with van der Waals surface area (Å²) >= 11 is 0. The minimum atomic E-state index is -4.26. The summed E-state index contributed by atoms with van der Waals surface area (Å²) in [6.45, 7) is 5.68. The van der Waals surface area contributed by atoms with E-state index in [2.05, 4.69) is 11.4 Å². The van der Waals surface area contributed by atoms with E-state index in [0.717, 1.165) is 17.7 Å². The molecule has 0 spiro atoms. The number of benzene rings is 1. The van der Waals surface area contributed by atoms with Crippen molar-refractivity contribution in [1.82, 2.24) is 5.32 Å². The Morgan fingerprint density at radius 2 is 1.95 bits per heavy atom. The molecule has 0 heterocycles. The molecule has 0 aromatic heterocycles.